The Hall–Kier alpha value is -1.40. The van der Waals surface area contributed by atoms with Crippen molar-refractivity contribution in [3.05, 3.63) is 52.8 Å². The Morgan fingerprint density at radius 3 is 2.75 bits per heavy atom. The summed E-state index contributed by atoms with van der Waals surface area (Å²) in [6, 6.07) is 8.71. The molecule has 0 amide bonds. The van der Waals surface area contributed by atoms with Crippen molar-refractivity contribution in [2.75, 3.05) is 32.8 Å². The summed E-state index contributed by atoms with van der Waals surface area (Å²) < 4.78 is 7.35. The van der Waals surface area contributed by atoms with Gasteiger partial charge in [0.1, 0.15) is 0 Å². The molecule has 0 saturated carbocycles. The number of hydrogen-bond donors (Lipinski definition) is 1. The van der Waals surface area contributed by atoms with E-state index >= 15 is 0 Å². The van der Waals surface area contributed by atoms with E-state index in [1.165, 1.54) is 11.1 Å². The molecule has 3 rings (SSSR count). The van der Waals surface area contributed by atoms with Crippen LogP contribution in [0.25, 0.3) is 0 Å². The molecule has 0 spiro atoms. The van der Waals surface area contributed by atoms with E-state index in [-0.39, 0.29) is 12.1 Å². The summed E-state index contributed by atoms with van der Waals surface area (Å²) in [4.78, 5) is 2.47. The molecule has 1 saturated heterocycles. The van der Waals surface area contributed by atoms with Gasteiger partial charge < -0.3 is 10.1 Å². The third-order valence-corrected chi connectivity index (χ3v) is 4.80. The molecule has 2 heterocycles. The molecule has 1 aromatic carbocycles. The molecule has 5 nitrogen and oxygen atoms in total. The lowest BCUT2D eigenvalue weighted by Gasteiger charge is -2.35. The molecule has 130 valence electrons. The Labute approximate surface area is 148 Å². The van der Waals surface area contributed by atoms with Crippen molar-refractivity contribution in [3.8, 4) is 0 Å². The molecule has 0 bridgehead atoms. The van der Waals surface area contributed by atoms with Crippen LogP contribution in [0.5, 0.6) is 0 Å². The molecular weight excluding hydrogens is 324 g/mol. The molecule has 0 aliphatic carbocycles. The second kappa shape index (κ2) is 8.12. The van der Waals surface area contributed by atoms with Gasteiger partial charge in [0.15, 0.2) is 0 Å². The van der Waals surface area contributed by atoms with Crippen LogP contribution in [-0.2, 0) is 11.8 Å². The third-order valence-electron chi connectivity index (χ3n) is 4.56. The highest BCUT2D eigenvalue weighted by Gasteiger charge is 2.23. The van der Waals surface area contributed by atoms with Gasteiger partial charge in [0, 0.05) is 55.5 Å². The first kappa shape index (κ1) is 17.4. The molecule has 0 unspecified atom stereocenters. The standard InChI is InChI=1S/C18H25ClN4O/c1-14(16-11-21-22(2)13-16)20-12-18(23-6-8-24-9-7-23)15-4-3-5-17(19)10-15/h3-5,10-11,13-14,18,20H,6-9,12H2,1-2H3/t14-,18-/m1/s1. The van der Waals surface area contributed by atoms with Crippen molar-refractivity contribution in [2.45, 2.75) is 19.0 Å². The summed E-state index contributed by atoms with van der Waals surface area (Å²) in [5, 5.41) is 8.69. The number of nitrogens with one attached hydrogen (secondary N) is 1. The number of hydrogen-bond acceptors (Lipinski definition) is 4. The minimum absolute atomic E-state index is 0.251. The maximum absolute atomic E-state index is 6.21. The lowest BCUT2D eigenvalue weighted by molar-refractivity contribution is 0.0157. The van der Waals surface area contributed by atoms with E-state index in [0.717, 1.165) is 37.9 Å². The Morgan fingerprint density at radius 2 is 2.08 bits per heavy atom. The summed E-state index contributed by atoms with van der Waals surface area (Å²) >= 11 is 6.21. The monoisotopic (exact) mass is 348 g/mol. The van der Waals surface area contributed by atoms with E-state index in [0.29, 0.717) is 0 Å². The molecule has 2 atom stereocenters. The number of morpholine rings is 1. The SMILES string of the molecule is C[C@@H](NC[C@H](c1cccc(Cl)c1)N1CCOCC1)c1cnn(C)c1. The average molecular weight is 349 g/mol. The summed E-state index contributed by atoms with van der Waals surface area (Å²) in [6.07, 6.45) is 3.97. The van der Waals surface area contributed by atoms with Crippen LogP contribution in [0.3, 0.4) is 0 Å². The van der Waals surface area contributed by atoms with Crippen molar-refractivity contribution in [3.63, 3.8) is 0 Å². The molecular formula is C18H25ClN4O. The predicted molar refractivity (Wildman–Crippen MR) is 96.2 cm³/mol. The average Bonchev–Trinajstić information content (AvgIpc) is 3.02. The van der Waals surface area contributed by atoms with Gasteiger partial charge >= 0.3 is 0 Å². The van der Waals surface area contributed by atoms with E-state index in [1.807, 2.05) is 30.1 Å². The highest BCUT2D eigenvalue weighted by Crippen LogP contribution is 2.25. The summed E-state index contributed by atoms with van der Waals surface area (Å²) in [6.45, 7) is 6.49. The van der Waals surface area contributed by atoms with Gasteiger partial charge in [-0.3, -0.25) is 9.58 Å². The number of aryl methyl sites for hydroxylation is 1. The second-order valence-electron chi connectivity index (χ2n) is 6.30. The zero-order chi connectivity index (χ0) is 16.9. The van der Waals surface area contributed by atoms with Gasteiger partial charge in [-0.1, -0.05) is 23.7 Å². The van der Waals surface area contributed by atoms with Crippen LogP contribution in [0.1, 0.15) is 30.1 Å². The third kappa shape index (κ3) is 4.36. The van der Waals surface area contributed by atoms with Crippen molar-refractivity contribution < 1.29 is 4.74 Å². The maximum atomic E-state index is 6.21. The normalized spacial score (nSPS) is 18.5. The fourth-order valence-corrected chi connectivity index (χ4v) is 3.33. The Morgan fingerprint density at radius 1 is 1.29 bits per heavy atom. The van der Waals surface area contributed by atoms with Gasteiger partial charge in [-0.25, -0.2) is 0 Å². The molecule has 2 aromatic rings. The molecule has 0 radical (unpaired) electrons. The molecule has 6 heteroatoms. The van der Waals surface area contributed by atoms with E-state index in [1.54, 1.807) is 0 Å². The zero-order valence-corrected chi connectivity index (χ0v) is 15.0. The molecule has 1 aromatic heterocycles. The summed E-state index contributed by atoms with van der Waals surface area (Å²) in [5.74, 6) is 0. The number of aromatic nitrogens is 2. The fraction of sp³-hybridized carbons (Fsp3) is 0.500. The Bertz CT molecular complexity index is 654. The number of nitrogens with zero attached hydrogens (tertiary/aromatic N) is 3. The van der Waals surface area contributed by atoms with Crippen LogP contribution in [-0.4, -0.2) is 47.5 Å². The fourth-order valence-electron chi connectivity index (χ4n) is 3.13. The van der Waals surface area contributed by atoms with Crippen molar-refractivity contribution in [2.24, 2.45) is 7.05 Å². The Balaban J connectivity index is 1.72. The Kier molecular flexibility index (Phi) is 5.89. The van der Waals surface area contributed by atoms with Crippen LogP contribution < -0.4 is 5.32 Å². The van der Waals surface area contributed by atoms with Gasteiger partial charge in [0.2, 0.25) is 0 Å². The molecule has 1 N–H and O–H groups in total. The quantitative estimate of drug-likeness (QED) is 0.871. The highest BCUT2D eigenvalue weighted by molar-refractivity contribution is 6.30. The van der Waals surface area contributed by atoms with Crippen molar-refractivity contribution >= 4 is 11.6 Å². The van der Waals surface area contributed by atoms with Crippen LogP contribution in [0.2, 0.25) is 5.02 Å². The number of ether oxygens (including phenoxy) is 1. The highest BCUT2D eigenvalue weighted by atomic mass is 35.5. The molecule has 1 fully saturated rings. The first-order valence-electron chi connectivity index (χ1n) is 8.42. The first-order chi connectivity index (χ1) is 11.6. The minimum atomic E-state index is 0.251. The second-order valence-corrected chi connectivity index (χ2v) is 6.73. The maximum Gasteiger partial charge on any atom is 0.0594 e. The number of halogens is 1. The molecule has 24 heavy (non-hydrogen) atoms. The topological polar surface area (TPSA) is 42.3 Å². The summed E-state index contributed by atoms with van der Waals surface area (Å²) in [7, 11) is 1.94. The van der Waals surface area contributed by atoms with E-state index in [4.69, 9.17) is 16.3 Å². The predicted octanol–water partition coefficient (Wildman–Crippen LogP) is 2.80. The van der Waals surface area contributed by atoms with Crippen LogP contribution in [0, 0.1) is 0 Å². The number of rotatable bonds is 6. The summed E-state index contributed by atoms with van der Waals surface area (Å²) in [5.41, 5.74) is 2.44. The van der Waals surface area contributed by atoms with Crippen LogP contribution in [0.15, 0.2) is 36.7 Å². The van der Waals surface area contributed by atoms with E-state index < -0.39 is 0 Å². The van der Waals surface area contributed by atoms with Gasteiger partial charge in [-0.2, -0.15) is 5.10 Å². The van der Waals surface area contributed by atoms with Gasteiger partial charge in [0.05, 0.1) is 19.4 Å². The lowest BCUT2D eigenvalue weighted by atomic mass is 10.0. The van der Waals surface area contributed by atoms with Crippen molar-refractivity contribution in [1.82, 2.24) is 20.0 Å². The largest absolute Gasteiger partial charge is 0.379 e. The lowest BCUT2D eigenvalue weighted by Crippen LogP contribution is -2.43. The number of benzene rings is 1. The van der Waals surface area contributed by atoms with Gasteiger partial charge in [-0.05, 0) is 24.6 Å². The van der Waals surface area contributed by atoms with Gasteiger partial charge in [0.25, 0.3) is 0 Å². The van der Waals surface area contributed by atoms with E-state index in [9.17, 15) is 0 Å². The minimum Gasteiger partial charge on any atom is -0.379 e. The molecule has 1 aliphatic heterocycles. The van der Waals surface area contributed by atoms with E-state index in [2.05, 4.69) is 40.6 Å². The van der Waals surface area contributed by atoms with Crippen molar-refractivity contribution in [1.29, 1.82) is 0 Å². The first-order valence-corrected chi connectivity index (χ1v) is 8.80. The zero-order valence-electron chi connectivity index (χ0n) is 14.3. The van der Waals surface area contributed by atoms with Crippen LogP contribution in [0.4, 0.5) is 0 Å². The van der Waals surface area contributed by atoms with Crippen LogP contribution >= 0.6 is 11.6 Å². The molecule has 1 aliphatic rings. The van der Waals surface area contributed by atoms with Gasteiger partial charge in [-0.15, -0.1) is 0 Å². The smallest absolute Gasteiger partial charge is 0.0594 e.